The Morgan fingerprint density at radius 2 is 1.85 bits per heavy atom. The molecule has 26 heavy (non-hydrogen) atoms. The number of nitrogens with zero attached hydrogens (tertiary/aromatic N) is 2. The number of thioether (sulfide) groups is 1. The lowest BCUT2D eigenvalue weighted by Crippen LogP contribution is -2.31. The topological polar surface area (TPSA) is 87.2 Å². The maximum absolute atomic E-state index is 13.0. The molecule has 1 unspecified atom stereocenters. The van der Waals surface area contributed by atoms with Crippen LogP contribution < -0.4 is 10.6 Å². The van der Waals surface area contributed by atoms with Gasteiger partial charge in [-0.2, -0.15) is 5.26 Å². The van der Waals surface area contributed by atoms with Gasteiger partial charge < -0.3 is 5.73 Å². The summed E-state index contributed by atoms with van der Waals surface area (Å²) in [6.45, 7) is 0. The fraction of sp³-hybridized carbons (Fsp3) is 0.105. The number of hydrogen-bond acceptors (Lipinski definition) is 4. The smallest absolute Gasteiger partial charge is 0.262 e. The van der Waals surface area contributed by atoms with Gasteiger partial charge in [0.2, 0.25) is 5.91 Å². The summed E-state index contributed by atoms with van der Waals surface area (Å²) in [5, 5.41) is 9.67. The molecule has 1 aliphatic rings. The van der Waals surface area contributed by atoms with Crippen LogP contribution in [0.3, 0.4) is 0 Å². The molecule has 3 rings (SSSR count). The van der Waals surface area contributed by atoms with Crippen molar-refractivity contribution in [3.8, 4) is 6.07 Å². The Hall–Kier alpha value is -2.75. The zero-order valence-corrected chi connectivity index (χ0v) is 15.1. The molecular weight excluding hydrogens is 370 g/mol. The molecule has 2 aromatic rings. The number of nitriles is 1. The van der Waals surface area contributed by atoms with Gasteiger partial charge in [0.05, 0.1) is 5.25 Å². The fourth-order valence-electron chi connectivity index (χ4n) is 2.68. The average Bonchev–Trinajstić information content (AvgIpc) is 2.94. The van der Waals surface area contributed by atoms with Crippen LogP contribution in [0, 0.1) is 11.3 Å². The predicted molar refractivity (Wildman–Crippen MR) is 102 cm³/mol. The highest BCUT2D eigenvalue weighted by molar-refractivity contribution is 8.05. The van der Waals surface area contributed by atoms with Gasteiger partial charge in [-0.25, -0.2) is 0 Å². The summed E-state index contributed by atoms with van der Waals surface area (Å²) in [6, 6.07) is 18.0. The zero-order valence-electron chi connectivity index (χ0n) is 13.6. The normalized spacial score (nSPS) is 18.5. The SMILES string of the molecule is N#C/C(C(N)=O)=C1/SC(Cc2ccccc2Cl)C(=O)N1c1ccccc1. The Bertz CT molecular complexity index is 937. The molecule has 0 aromatic heterocycles. The molecule has 0 saturated carbocycles. The Morgan fingerprint density at radius 3 is 2.46 bits per heavy atom. The quantitative estimate of drug-likeness (QED) is 0.648. The van der Waals surface area contributed by atoms with E-state index in [0.29, 0.717) is 17.1 Å². The van der Waals surface area contributed by atoms with Crippen LogP contribution >= 0.6 is 23.4 Å². The third-order valence-corrected chi connectivity index (χ3v) is 5.53. The van der Waals surface area contributed by atoms with E-state index in [9.17, 15) is 14.9 Å². The van der Waals surface area contributed by atoms with Gasteiger partial charge in [0.1, 0.15) is 16.7 Å². The van der Waals surface area contributed by atoms with Crippen LogP contribution in [0.15, 0.2) is 65.2 Å². The largest absolute Gasteiger partial charge is 0.365 e. The van der Waals surface area contributed by atoms with Crippen LogP contribution in [-0.2, 0) is 16.0 Å². The first-order valence-corrected chi connectivity index (χ1v) is 9.02. The Kier molecular flexibility index (Phi) is 5.31. The molecule has 1 saturated heterocycles. The van der Waals surface area contributed by atoms with Crippen molar-refractivity contribution in [1.29, 1.82) is 5.26 Å². The number of halogens is 1. The Balaban J connectivity index is 2.04. The third kappa shape index (κ3) is 3.45. The van der Waals surface area contributed by atoms with Crippen molar-refractivity contribution >= 4 is 40.9 Å². The van der Waals surface area contributed by atoms with E-state index in [1.165, 1.54) is 4.90 Å². The summed E-state index contributed by atoms with van der Waals surface area (Å²) in [4.78, 5) is 26.1. The van der Waals surface area contributed by atoms with E-state index in [-0.39, 0.29) is 16.5 Å². The van der Waals surface area contributed by atoms with Gasteiger partial charge in [0, 0.05) is 10.7 Å². The molecule has 1 heterocycles. The molecule has 130 valence electrons. The van der Waals surface area contributed by atoms with Crippen molar-refractivity contribution in [2.45, 2.75) is 11.7 Å². The first-order chi connectivity index (χ1) is 12.5. The van der Waals surface area contributed by atoms with Gasteiger partial charge in [-0.05, 0) is 30.2 Å². The maximum Gasteiger partial charge on any atom is 0.262 e. The molecule has 0 radical (unpaired) electrons. The molecule has 2 aromatic carbocycles. The summed E-state index contributed by atoms with van der Waals surface area (Å²) in [7, 11) is 0. The lowest BCUT2D eigenvalue weighted by molar-refractivity contribution is -0.117. The number of nitrogens with two attached hydrogens (primary N) is 1. The standard InChI is InChI=1S/C19H14ClN3O2S/c20-15-9-5-4-6-12(15)10-16-18(25)23(13-7-2-1-3-8-13)19(26-16)14(11-21)17(22)24/h1-9,16H,10H2,(H2,22,24)/b19-14-. The molecule has 2 amide bonds. The van der Waals surface area contributed by atoms with Crippen molar-refractivity contribution in [2.24, 2.45) is 5.73 Å². The lowest BCUT2D eigenvalue weighted by atomic mass is 10.1. The number of amides is 2. The molecule has 1 aliphatic heterocycles. The Labute approximate surface area is 160 Å². The highest BCUT2D eigenvalue weighted by Crippen LogP contribution is 2.42. The fourth-order valence-corrected chi connectivity index (χ4v) is 4.19. The van der Waals surface area contributed by atoms with Gasteiger partial charge in [0.15, 0.2) is 0 Å². The lowest BCUT2D eigenvalue weighted by Gasteiger charge is -2.18. The third-order valence-electron chi connectivity index (χ3n) is 3.90. The number of primary amides is 1. The van der Waals surface area contributed by atoms with Crippen LogP contribution in [0.25, 0.3) is 0 Å². The number of rotatable bonds is 4. The maximum atomic E-state index is 13.0. The number of carbonyl (C=O) groups is 2. The summed E-state index contributed by atoms with van der Waals surface area (Å²) >= 11 is 7.37. The number of carbonyl (C=O) groups excluding carboxylic acids is 2. The van der Waals surface area contributed by atoms with Crippen molar-refractivity contribution in [1.82, 2.24) is 0 Å². The summed E-state index contributed by atoms with van der Waals surface area (Å²) in [6.07, 6.45) is 0.382. The number of para-hydroxylation sites is 1. The number of hydrogen-bond donors (Lipinski definition) is 1. The van der Waals surface area contributed by atoms with Gasteiger partial charge in [-0.15, -0.1) is 0 Å². The molecule has 2 N–H and O–H groups in total. The van der Waals surface area contributed by atoms with E-state index in [4.69, 9.17) is 17.3 Å². The summed E-state index contributed by atoms with van der Waals surface area (Å²) in [5.41, 5.74) is 6.52. The van der Waals surface area contributed by atoms with Crippen LogP contribution in [-0.4, -0.2) is 17.1 Å². The van der Waals surface area contributed by atoms with E-state index in [1.807, 2.05) is 30.3 Å². The van der Waals surface area contributed by atoms with E-state index in [1.54, 1.807) is 30.3 Å². The summed E-state index contributed by atoms with van der Waals surface area (Å²) < 4.78 is 0. The molecular formula is C19H14ClN3O2S. The molecule has 1 atom stereocenters. The van der Waals surface area contributed by atoms with Gasteiger partial charge in [0.25, 0.3) is 5.91 Å². The second kappa shape index (κ2) is 7.65. The number of anilines is 1. The van der Waals surface area contributed by atoms with Gasteiger partial charge >= 0.3 is 0 Å². The highest BCUT2D eigenvalue weighted by Gasteiger charge is 2.40. The predicted octanol–water partition coefficient (Wildman–Crippen LogP) is 3.25. The van der Waals surface area contributed by atoms with Gasteiger partial charge in [-0.3, -0.25) is 14.5 Å². The zero-order chi connectivity index (χ0) is 18.7. The number of benzene rings is 2. The average molecular weight is 384 g/mol. The van der Waals surface area contributed by atoms with E-state index in [2.05, 4.69) is 0 Å². The molecule has 7 heteroatoms. The van der Waals surface area contributed by atoms with Crippen molar-refractivity contribution in [3.63, 3.8) is 0 Å². The monoisotopic (exact) mass is 383 g/mol. The Morgan fingerprint density at radius 1 is 1.19 bits per heavy atom. The van der Waals surface area contributed by atoms with E-state index < -0.39 is 11.2 Å². The first-order valence-electron chi connectivity index (χ1n) is 7.76. The second-order valence-corrected chi connectivity index (χ2v) is 7.17. The second-order valence-electron chi connectivity index (χ2n) is 5.57. The first kappa shape index (κ1) is 18.1. The van der Waals surface area contributed by atoms with Crippen LogP contribution in [0.4, 0.5) is 5.69 Å². The van der Waals surface area contributed by atoms with Crippen LogP contribution in [0.2, 0.25) is 5.02 Å². The molecule has 5 nitrogen and oxygen atoms in total. The van der Waals surface area contributed by atoms with E-state index >= 15 is 0 Å². The van der Waals surface area contributed by atoms with Crippen LogP contribution in [0.5, 0.6) is 0 Å². The van der Waals surface area contributed by atoms with Crippen molar-refractivity contribution in [2.75, 3.05) is 4.90 Å². The molecule has 0 spiro atoms. The van der Waals surface area contributed by atoms with E-state index in [0.717, 1.165) is 17.3 Å². The molecule has 0 bridgehead atoms. The van der Waals surface area contributed by atoms with Crippen LogP contribution in [0.1, 0.15) is 5.56 Å². The summed E-state index contributed by atoms with van der Waals surface area (Å²) in [5.74, 6) is -1.08. The minimum absolute atomic E-state index is 0.217. The highest BCUT2D eigenvalue weighted by atomic mass is 35.5. The van der Waals surface area contributed by atoms with Crippen molar-refractivity contribution in [3.05, 3.63) is 75.8 Å². The van der Waals surface area contributed by atoms with Gasteiger partial charge in [-0.1, -0.05) is 59.8 Å². The van der Waals surface area contributed by atoms with Crippen molar-refractivity contribution < 1.29 is 9.59 Å². The minimum atomic E-state index is -0.859. The molecule has 0 aliphatic carbocycles. The molecule has 1 fully saturated rings. The minimum Gasteiger partial charge on any atom is -0.365 e.